The van der Waals surface area contributed by atoms with E-state index in [9.17, 15) is 9.90 Å². The Morgan fingerprint density at radius 1 is 1.17 bits per heavy atom. The molecule has 1 aromatic heterocycles. The first-order valence-electron chi connectivity index (χ1n) is 11.6. The second-order valence-electron chi connectivity index (χ2n) is 8.47. The normalized spacial score (nSPS) is 22.1. The largest absolute Gasteiger partial charge is 0.392 e. The van der Waals surface area contributed by atoms with Crippen molar-refractivity contribution in [1.82, 2.24) is 20.1 Å². The molecule has 2 heterocycles. The number of ether oxygens (including phenoxy) is 2. The van der Waals surface area contributed by atoms with Crippen molar-refractivity contribution in [3.05, 3.63) is 71.5 Å². The number of aryl methyl sites for hydroxylation is 1. The molecule has 3 aromatic rings. The van der Waals surface area contributed by atoms with Crippen molar-refractivity contribution in [3.8, 4) is 0 Å². The van der Waals surface area contributed by atoms with E-state index in [-0.39, 0.29) is 30.8 Å². The van der Waals surface area contributed by atoms with Crippen LogP contribution in [0.1, 0.15) is 42.9 Å². The third-order valence-corrected chi connectivity index (χ3v) is 7.05. The lowest BCUT2D eigenvalue weighted by molar-refractivity contribution is -0.268. The molecule has 0 spiro atoms. The molecule has 1 aliphatic rings. The van der Waals surface area contributed by atoms with E-state index in [4.69, 9.17) is 9.47 Å². The maximum Gasteiger partial charge on any atom is 0.319 e. The standard InChI is InChI=1S/C25H31N5O4S/c1-4-26-24(32)28-20-7-5-6-19(12-20)23-33-21(14-35-25-29-27-15-30(25)3)16(2)22(34-23)18-10-8-17(13-31)9-11-18/h5-12,15-16,21-23,31H,4,13-14H2,1-3H3,(H2,26,28,32)/t16-,21+,22+,23+/m0/s1. The van der Waals surface area contributed by atoms with Gasteiger partial charge in [0.15, 0.2) is 11.4 Å². The van der Waals surface area contributed by atoms with Crippen molar-refractivity contribution in [2.45, 2.75) is 44.1 Å². The minimum absolute atomic E-state index is 0.00450. The van der Waals surface area contributed by atoms with Gasteiger partial charge in [0.1, 0.15) is 6.33 Å². The van der Waals surface area contributed by atoms with Crippen LogP contribution in [0.5, 0.6) is 0 Å². The number of thioether (sulfide) groups is 1. The van der Waals surface area contributed by atoms with E-state index in [1.54, 1.807) is 18.1 Å². The predicted octanol–water partition coefficient (Wildman–Crippen LogP) is 4.03. The first kappa shape index (κ1) is 25.2. The molecule has 1 fully saturated rings. The van der Waals surface area contributed by atoms with Crippen LogP contribution in [0.25, 0.3) is 0 Å². The molecule has 0 bridgehead atoms. The van der Waals surface area contributed by atoms with Crippen molar-refractivity contribution in [2.75, 3.05) is 17.6 Å². The zero-order chi connectivity index (χ0) is 24.8. The van der Waals surface area contributed by atoms with Gasteiger partial charge in [0.25, 0.3) is 0 Å². The summed E-state index contributed by atoms with van der Waals surface area (Å²) in [4.78, 5) is 12.0. The van der Waals surface area contributed by atoms with Gasteiger partial charge in [0.05, 0.1) is 18.8 Å². The number of nitrogens with zero attached hydrogens (tertiary/aromatic N) is 3. The van der Waals surface area contributed by atoms with Gasteiger partial charge in [-0.3, -0.25) is 0 Å². The number of aliphatic hydroxyl groups excluding tert-OH is 1. The van der Waals surface area contributed by atoms with Crippen LogP contribution in [-0.2, 0) is 23.1 Å². The molecule has 1 aliphatic heterocycles. The molecular formula is C25H31N5O4S. The zero-order valence-corrected chi connectivity index (χ0v) is 20.9. The Kier molecular flexibility index (Phi) is 8.40. The summed E-state index contributed by atoms with van der Waals surface area (Å²) in [7, 11) is 1.91. The minimum atomic E-state index is -0.616. The molecule has 4 atom stereocenters. The fourth-order valence-corrected chi connectivity index (χ4v) is 5.02. The number of urea groups is 1. The number of aliphatic hydroxyl groups is 1. The van der Waals surface area contributed by atoms with Gasteiger partial charge in [-0.2, -0.15) is 0 Å². The third kappa shape index (κ3) is 6.21. The van der Waals surface area contributed by atoms with E-state index < -0.39 is 6.29 Å². The Morgan fingerprint density at radius 2 is 1.97 bits per heavy atom. The molecule has 0 saturated carbocycles. The highest BCUT2D eigenvalue weighted by atomic mass is 32.2. The highest BCUT2D eigenvalue weighted by molar-refractivity contribution is 7.99. The van der Waals surface area contributed by atoms with Crippen LogP contribution >= 0.6 is 11.8 Å². The summed E-state index contributed by atoms with van der Waals surface area (Å²) in [5.41, 5.74) is 3.35. The number of benzene rings is 2. The molecule has 0 aliphatic carbocycles. The van der Waals surface area contributed by atoms with Gasteiger partial charge < -0.3 is 29.8 Å². The lowest BCUT2D eigenvalue weighted by Crippen LogP contribution is -2.38. The SMILES string of the molecule is CCNC(=O)Nc1cccc([C@@H]2O[C@H](CSc3nncn3C)[C@H](C)[C@H](c3ccc(CO)cc3)O2)c1. The van der Waals surface area contributed by atoms with Gasteiger partial charge >= 0.3 is 6.03 Å². The average molecular weight is 498 g/mol. The van der Waals surface area contributed by atoms with Crippen molar-refractivity contribution in [1.29, 1.82) is 0 Å². The Hall–Kier alpha value is -2.92. The fourth-order valence-electron chi connectivity index (χ4n) is 3.97. The summed E-state index contributed by atoms with van der Waals surface area (Å²) < 4.78 is 14.8. The molecule has 10 heteroatoms. The topological polar surface area (TPSA) is 111 Å². The number of carbonyl (C=O) groups is 1. The lowest BCUT2D eigenvalue weighted by atomic mass is 9.91. The Balaban J connectivity index is 1.58. The lowest BCUT2D eigenvalue weighted by Gasteiger charge is -2.41. The molecule has 2 amide bonds. The van der Waals surface area contributed by atoms with Crippen LogP contribution in [0.15, 0.2) is 60.0 Å². The summed E-state index contributed by atoms with van der Waals surface area (Å²) in [5.74, 6) is 0.735. The maximum atomic E-state index is 12.0. The summed E-state index contributed by atoms with van der Waals surface area (Å²) in [6.45, 7) is 4.53. The number of amides is 2. The molecule has 0 unspecified atom stereocenters. The molecule has 186 valence electrons. The number of hydrogen-bond donors (Lipinski definition) is 3. The molecule has 2 aromatic carbocycles. The van der Waals surface area contributed by atoms with E-state index in [0.29, 0.717) is 18.0 Å². The van der Waals surface area contributed by atoms with E-state index in [2.05, 4.69) is 27.8 Å². The minimum Gasteiger partial charge on any atom is -0.392 e. The van der Waals surface area contributed by atoms with Crippen LogP contribution in [0.4, 0.5) is 10.5 Å². The van der Waals surface area contributed by atoms with Crippen molar-refractivity contribution < 1.29 is 19.4 Å². The maximum absolute atomic E-state index is 12.0. The van der Waals surface area contributed by atoms with Crippen molar-refractivity contribution in [3.63, 3.8) is 0 Å². The number of aromatic nitrogens is 3. The Labute approximate surface area is 209 Å². The van der Waals surface area contributed by atoms with Gasteiger partial charge in [-0.15, -0.1) is 10.2 Å². The fraction of sp³-hybridized carbons (Fsp3) is 0.400. The molecule has 0 radical (unpaired) electrons. The Morgan fingerprint density at radius 3 is 2.66 bits per heavy atom. The average Bonchev–Trinajstić information content (AvgIpc) is 3.28. The quantitative estimate of drug-likeness (QED) is 0.403. The molecular weight excluding hydrogens is 466 g/mol. The van der Waals surface area contributed by atoms with E-state index in [1.165, 1.54) is 0 Å². The number of carbonyl (C=O) groups excluding carboxylic acids is 1. The molecule has 3 N–H and O–H groups in total. The number of nitrogens with one attached hydrogen (secondary N) is 2. The first-order valence-corrected chi connectivity index (χ1v) is 12.6. The molecule has 1 saturated heterocycles. The van der Waals surface area contributed by atoms with Gasteiger partial charge in [0.2, 0.25) is 0 Å². The van der Waals surface area contributed by atoms with E-state index in [1.807, 2.05) is 67.1 Å². The van der Waals surface area contributed by atoms with Crippen LogP contribution < -0.4 is 10.6 Å². The second kappa shape index (κ2) is 11.7. The Bertz CT molecular complexity index is 1120. The number of anilines is 1. The highest BCUT2D eigenvalue weighted by Crippen LogP contribution is 2.43. The smallest absolute Gasteiger partial charge is 0.319 e. The van der Waals surface area contributed by atoms with Crippen molar-refractivity contribution >= 4 is 23.5 Å². The number of hydrogen-bond acceptors (Lipinski definition) is 7. The van der Waals surface area contributed by atoms with Crippen molar-refractivity contribution in [2.24, 2.45) is 13.0 Å². The third-order valence-electron chi connectivity index (χ3n) is 5.92. The van der Waals surface area contributed by atoms with Gasteiger partial charge in [-0.05, 0) is 30.2 Å². The van der Waals surface area contributed by atoms with Gasteiger partial charge in [-0.1, -0.05) is 55.1 Å². The van der Waals surface area contributed by atoms with Crippen LogP contribution in [-0.4, -0.2) is 44.3 Å². The highest BCUT2D eigenvalue weighted by Gasteiger charge is 2.38. The predicted molar refractivity (Wildman–Crippen MR) is 134 cm³/mol. The summed E-state index contributed by atoms with van der Waals surface area (Å²) in [6, 6.07) is 15.1. The zero-order valence-electron chi connectivity index (χ0n) is 20.0. The van der Waals surface area contributed by atoms with Gasteiger partial charge in [0, 0.05) is 36.5 Å². The summed E-state index contributed by atoms with van der Waals surface area (Å²) in [5, 5.41) is 24.0. The van der Waals surface area contributed by atoms with Crippen LogP contribution in [0, 0.1) is 5.92 Å². The summed E-state index contributed by atoms with van der Waals surface area (Å²) >= 11 is 1.59. The van der Waals surface area contributed by atoms with E-state index >= 15 is 0 Å². The number of rotatable bonds is 8. The summed E-state index contributed by atoms with van der Waals surface area (Å²) in [6.07, 6.45) is 0.720. The molecule has 4 rings (SSSR count). The molecule has 35 heavy (non-hydrogen) atoms. The van der Waals surface area contributed by atoms with Crippen LogP contribution in [0.3, 0.4) is 0 Å². The van der Waals surface area contributed by atoms with E-state index in [0.717, 1.165) is 21.8 Å². The van der Waals surface area contributed by atoms with Crippen LogP contribution in [0.2, 0.25) is 0 Å². The monoisotopic (exact) mass is 497 g/mol. The first-order chi connectivity index (χ1) is 17.0. The van der Waals surface area contributed by atoms with Gasteiger partial charge in [-0.25, -0.2) is 4.79 Å². The molecule has 9 nitrogen and oxygen atoms in total. The second-order valence-corrected chi connectivity index (χ2v) is 9.45.